The monoisotopic (exact) mass is 282 g/mol. The van der Waals surface area contributed by atoms with E-state index < -0.39 is 17.4 Å². The average Bonchev–Trinajstić information content (AvgIpc) is 3.00. The molecule has 0 spiro atoms. The molecule has 1 saturated heterocycles. The van der Waals surface area contributed by atoms with E-state index in [1.165, 1.54) is 37.8 Å². The van der Waals surface area contributed by atoms with Crippen LogP contribution in [-0.2, 0) is 4.74 Å². The highest BCUT2D eigenvalue weighted by atomic mass is 19.2. The molecule has 2 aliphatic rings. The minimum Gasteiger partial charge on any atom is -0.505 e. The molecule has 1 aliphatic heterocycles. The van der Waals surface area contributed by atoms with E-state index in [-0.39, 0.29) is 5.92 Å². The number of phenolic OH excluding ortho intramolecular Hbond substituents is 1. The summed E-state index contributed by atoms with van der Waals surface area (Å²) in [5, 5.41) is 9.16. The lowest BCUT2D eigenvalue weighted by Crippen LogP contribution is -2.30. The molecule has 20 heavy (non-hydrogen) atoms. The van der Waals surface area contributed by atoms with Crippen LogP contribution < -0.4 is 0 Å². The van der Waals surface area contributed by atoms with Crippen molar-refractivity contribution in [2.45, 2.75) is 50.5 Å². The summed E-state index contributed by atoms with van der Waals surface area (Å²) in [7, 11) is 0. The third-order valence-corrected chi connectivity index (χ3v) is 4.77. The molecule has 0 aromatic heterocycles. The lowest BCUT2D eigenvalue weighted by Gasteiger charge is -2.33. The second kappa shape index (κ2) is 5.68. The molecule has 1 aliphatic carbocycles. The molecule has 1 aromatic carbocycles. The van der Waals surface area contributed by atoms with E-state index in [9.17, 15) is 8.78 Å². The van der Waals surface area contributed by atoms with E-state index in [4.69, 9.17) is 9.84 Å². The molecule has 1 saturated carbocycles. The van der Waals surface area contributed by atoms with Gasteiger partial charge in [0.15, 0.2) is 11.6 Å². The van der Waals surface area contributed by atoms with Crippen LogP contribution in [0.2, 0.25) is 0 Å². The molecule has 1 heterocycles. The lowest BCUT2D eigenvalue weighted by molar-refractivity contribution is -0.0300. The quantitative estimate of drug-likeness (QED) is 0.884. The first kappa shape index (κ1) is 13.8. The van der Waals surface area contributed by atoms with E-state index in [2.05, 4.69) is 0 Å². The van der Waals surface area contributed by atoms with Gasteiger partial charge in [-0.25, -0.2) is 4.39 Å². The fourth-order valence-electron chi connectivity index (χ4n) is 3.59. The van der Waals surface area contributed by atoms with Gasteiger partial charge in [-0.2, -0.15) is 4.39 Å². The zero-order valence-corrected chi connectivity index (χ0v) is 11.4. The average molecular weight is 282 g/mol. The van der Waals surface area contributed by atoms with Gasteiger partial charge in [-0.15, -0.1) is 0 Å². The number of benzene rings is 1. The van der Waals surface area contributed by atoms with Crippen molar-refractivity contribution in [3.05, 3.63) is 29.3 Å². The molecular weight excluding hydrogens is 262 g/mol. The van der Waals surface area contributed by atoms with Crippen LogP contribution in [0.5, 0.6) is 5.75 Å². The number of halogens is 2. The molecular formula is C16H20F2O2. The third kappa shape index (κ3) is 2.53. The fraction of sp³-hybridized carbons (Fsp3) is 0.625. The molecule has 2 nitrogen and oxygen atoms in total. The number of hydrogen-bond acceptors (Lipinski definition) is 2. The van der Waals surface area contributed by atoms with Crippen LogP contribution in [0.15, 0.2) is 12.1 Å². The standard InChI is InChI=1S/C16H20F2O2/c17-15-12(6-7-13(19)16(15)18)11-5-8-14(20-9-11)10-3-1-2-4-10/h6-7,10-11,14,19H,1-5,8-9H2. The first-order valence-electron chi connectivity index (χ1n) is 7.45. The minimum atomic E-state index is -1.15. The number of aromatic hydroxyl groups is 1. The summed E-state index contributed by atoms with van der Waals surface area (Å²) in [6.07, 6.45) is 7.06. The maximum absolute atomic E-state index is 13.9. The van der Waals surface area contributed by atoms with E-state index in [0.717, 1.165) is 12.8 Å². The molecule has 0 radical (unpaired) electrons. The van der Waals surface area contributed by atoms with Crippen LogP contribution in [0, 0.1) is 17.6 Å². The SMILES string of the molecule is Oc1ccc(C2CCC(C3CCCC3)OC2)c(F)c1F. The van der Waals surface area contributed by atoms with Crippen molar-refractivity contribution in [1.82, 2.24) is 0 Å². The normalized spacial score (nSPS) is 27.9. The largest absolute Gasteiger partial charge is 0.505 e. The first-order chi connectivity index (χ1) is 9.66. The number of hydrogen-bond donors (Lipinski definition) is 1. The van der Waals surface area contributed by atoms with Crippen LogP contribution in [0.4, 0.5) is 8.78 Å². The Hall–Kier alpha value is -1.16. The van der Waals surface area contributed by atoms with Gasteiger partial charge in [-0.05, 0) is 43.2 Å². The Morgan fingerprint density at radius 2 is 1.75 bits per heavy atom. The van der Waals surface area contributed by atoms with Crippen molar-refractivity contribution in [3.63, 3.8) is 0 Å². The number of ether oxygens (including phenoxy) is 1. The third-order valence-electron chi connectivity index (χ3n) is 4.77. The van der Waals surface area contributed by atoms with Crippen LogP contribution in [-0.4, -0.2) is 17.8 Å². The van der Waals surface area contributed by atoms with Crippen molar-refractivity contribution in [2.24, 2.45) is 5.92 Å². The summed E-state index contributed by atoms with van der Waals surface area (Å²) < 4.78 is 33.2. The Labute approximate surface area is 117 Å². The molecule has 1 N–H and O–H groups in total. The van der Waals surface area contributed by atoms with Crippen LogP contribution in [0.1, 0.15) is 50.0 Å². The van der Waals surface area contributed by atoms with E-state index in [1.807, 2.05) is 0 Å². The minimum absolute atomic E-state index is 0.109. The first-order valence-corrected chi connectivity index (χ1v) is 7.45. The maximum atomic E-state index is 13.9. The van der Waals surface area contributed by atoms with Crippen molar-refractivity contribution < 1.29 is 18.6 Å². The Morgan fingerprint density at radius 1 is 1.00 bits per heavy atom. The van der Waals surface area contributed by atoms with Crippen molar-refractivity contribution in [3.8, 4) is 5.75 Å². The highest BCUT2D eigenvalue weighted by Crippen LogP contribution is 2.38. The zero-order chi connectivity index (χ0) is 14.1. The van der Waals surface area contributed by atoms with Gasteiger partial charge in [0.1, 0.15) is 0 Å². The summed E-state index contributed by atoms with van der Waals surface area (Å²) in [4.78, 5) is 0. The Morgan fingerprint density at radius 3 is 2.40 bits per heavy atom. The lowest BCUT2D eigenvalue weighted by atomic mass is 9.86. The van der Waals surface area contributed by atoms with Gasteiger partial charge in [0, 0.05) is 5.92 Å². The topological polar surface area (TPSA) is 29.5 Å². The summed E-state index contributed by atoms with van der Waals surface area (Å²) in [6.45, 7) is 0.447. The predicted molar refractivity (Wildman–Crippen MR) is 71.7 cm³/mol. The zero-order valence-electron chi connectivity index (χ0n) is 11.4. The van der Waals surface area contributed by atoms with Gasteiger partial charge < -0.3 is 9.84 Å². The Bertz CT molecular complexity index is 476. The molecule has 1 aromatic rings. The summed E-state index contributed by atoms with van der Waals surface area (Å²) >= 11 is 0. The summed E-state index contributed by atoms with van der Waals surface area (Å²) in [6, 6.07) is 2.69. The van der Waals surface area contributed by atoms with Gasteiger partial charge in [-0.3, -0.25) is 0 Å². The van der Waals surface area contributed by atoms with Crippen molar-refractivity contribution in [1.29, 1.82) is 0 Å². The van der Waals surface area contributed by atoms with E-state index in [1.54, 1.807) is 0 Å². The van der Waals surface area contributed by atoms with Crippen LogP contribution in [0.3, 0.4) is 0 Å². The molecule has 4 heteroatoms. The second-order valence-electron chi connectivity index (χ2n) is 5.99. The van der Waals surface area contributed by atoms with E-state index >= 15 is 0 Å². The van der Waals surface area contributed by atoms with Gasteiger partial charge in [0.05, 0.1) is 12.7 Å². The summed E-state index contributed by atoms with van der Waals surface area (Å²) in [5.41, 5.74) is 0.324. The smallest absolute Gasteiger partial charge is 0.200 e. The number of phenols is 1. The Balaban J connectivity index is 1.67. The van der Waals surface area contributed by atoms with Gasteiger partial charge in [0.2, 0.25) is 5.82 Å². The fourth-order valence-corrected chi connectivity index (χ4v) is 3.59. The predicted octanol–water partition coefficient (Wildman–Crippen LogP) is 4.12. The molecule has 0 bridgehead atoms. The summed E-state index contributed by atoms with van der Waals surface area (Å²) in [5.74, 6) is -2.18. The number of rotatable bonds is 2. The molecule has 2 unspecified atom stereocenters. The maximum Gasteiger partial charge on any atom is 0.200 e. The molecule has 3 rings (SSSR count). The van der Waals surface area contributed by atoms with Crippen LogP contribution in [0.25, 0.3) is 0 Å². The van der Waals surface area contributed by atoms with E-state index in [0.29, 0.717) is 24.2 Å². The van der Waals surface area contributed by atoms with Crippen LogP contribution >= 0.6 is 0 Å². The van der Waals surface area contributed by atoms with Crippen molar-refractivity contribution in [2.75, 3.05) is 6.61 Å². The Kier molecular flexibility index (Phi) is 3.92. The van der Waals surface area contributed by atoms with Gasteiger partial charge >= 0.3 is 0 Å². The highest BCUT2D eigenvalue weighted by molar-refractivity contribution is 5.32. The molecule has 0 amide bonds. The van der Waals surface area contributed by atoms with Gasteiger partial charge in [-0.1, -0.05) is 18.9 Å². The highest BCUT2D eigenvalue weighted by Gasteiger charge is 2.32. The van der Waals surface area contributed by atoms with Gasteiger partial charge in [0.25, 0.3) is 0 Å². The van der Waals surface area contributed by atoms with Crippen molar-refractivity contribution >= 4 is 0 Å². The molecule has 110 valence electrons. The molecule has 2 fully saturated rings. The molecule has 2 atom stereocenters. The second-order valence-corrected chi connectivity index (χ2v) is 5.99.